The highest BCUT2D eigenvalue weighted by molar-refractivity contribution is 5.27. The minimum atomic E-state index is -0.429. The van der Waals surface area contributed by atoms with Crippen molar-refractivity contribution in [1.29, 1.82) is 0 Å². The summed E-state index contributed by atoms with van der Waals surface area (Å²) in [4.78, 5) is 1.61. The van der Waals surface area contributed by atoms with E-state index in [0.29, 0.717) is 25.2 Å². The molecule has 0 saturated carbocycles. The highest BCUT2D eigenvalue weighted by Gasteiger charge is 2.17. The van der Waals surface area contributed by atoms with Crippen LogP contribution in [0.15, 0.2) is 24.3 Å². The monoisotopic (exact) mass is 310 g/mol. The molecule has 1 aromatic carbocycles. The Bertz CT molecular complexity index is 413. The molecule has 1 aromatic rings. The van der Waals surface area contributed by atoms with Crippen molar-refractivity contribution in [2.75, 3.05) is 26.2 Å². The van der Waals surface area contributed by atoms with Crippen molar-refractivity contribution in [1.82, 2.24) is 0 Å². The van der Waals surface area contributed by atoms with Crippen LogP contribution in [-0.2, 0) is 0 Å². The maximum Gasteiger partial charge on any atom is 0.137 e. The number of ether oxygens (including phenoxy) is 1. The minimum absolute atomic E-state index is 0.352. The van der Waals surface area contributed by atoms with Gasteiger partial charge in [0.1, 0.15) is 38.1 Å². The van der Waals surface area contributed by atoms with E-state index >= 15 is 0 Å². The Morgan fingerprint density at radius 1 is 1.18 bits per heavy atom. The van der Waals surface area contributed by atoms with E-state index in [1.807, 2.05) is 31.2 Å². The lowest BCUT2D eigenvalue weighted by Gasteiger charge is -2.26. The fourth-order valence-corrected chi connectivity index (χ4v) is 2.79. The number of nitrogens with one attached hydrogen (secondary N) is 1. The summed E-state index contributed by atoms with van der Waals surface area (Å²) in [6, 6.07) is 9.21. The van der Waals surface area contributed by atoms with Crippen molar-refractivity contribution in [3.8, 4) is 5.75 Å². The number of rotatable bonds is 10. The van der Waals surface area contributed by atoms with Crippen LogP contribution in [0.3, 0.4) is 0 Å². The third kappa shape index (κ3) is 7.25. The summed E-state index contributed by atoms with van der Waals surface area (Å²) in [6.07, 6.45) is -0.429. The predicted octanol–water partition coefficient (Wildman–Crippen LogP) is -0.000180. The molecule has 0 spiro atoms. The highest BCUT2D eigenvalue weighted by atomic mass is 16.5. The first-order valence-electron chi connectivity index (χ1n) is 8.45. The maximum absolute atomic E-state index is 10.0. The van der Waals surface area contributed by atoms with Gasteiger partial charge in [-0.05, 0) is 52.3 Å². The summed E-state index contributed by atoms with van der Waals surface area (Å²) < 4.78 is 5.63. The second-order valence-corrected chi connectivity index (χ2v) is 6.73. The smallest absolute Gasteiger partial charge is 0.137 e. The predicted molar refractivity (Wildman–Crippen MR) is 90.4 cm³/mol. The van der Waals surface area contributed by atoms with Gasteiger partial charge < -0.3 is 20.1 Å². The summed E-state index contributed by atoms with van der Waals surface area (Å²) in [5.74, 6) is 0.828. The molecule has 1 rings (SSSR count). The van der Waals surface area contributed by atoms with Crippen LogP contribution in [-0.4, -0.2) is 49.5 Å². The van der Waals surface area contributed by atoms with E-state index in [-0.39, 0.29) is 0 Å². The minimum Gasteiger partial charge on any atom is -0.491 e. The third-order valence-corrected chi connectivity index (χ3v) is 3.99. The number of hydrogen-bond acceptors (Lipinski definition) is 2. The molecule has 4 heteroatoms. The summed E-state index contributed by atoms with van der Waals surface area (Å²) in [5.41, 5.74) is 1.17. The van der Waals surface area contributed by atoms with Crippen LogP contribution in [0.4, 0.5) is 0 Å². The Labute approximate surface area is 135 Å². The van der Waals surface area contributed by atoms with Crippen molar-refractivity contribution in [3.63, 3.8) is 0 Å². The maximum atomic E-state index is 10.0. The Balaban J connectivity index is 2.19. The van der Waals surface area contributed by atoms with Crippen LogP contribution in [0, 0.1) is 6.92 Å². The number of aliphatic hydroxyl groups is 1. The normalized spacial score (nSPS) is 13.1. The van der Waals surface area contributed by atoms with E-state index in [4.69, 9.17) is 4.74 Å². The fraction of sp³-hybridized carbons (Fsp3) is 0.667. The summed E-state index contributed by atoms with van der Waals surface area (Å²) in [6.45, 7) is 14.3. The quantitative estimate of drug-likeness (QED) is 0.533. The Morgan fingerprint density at radius 2 is 1.86 bits per heavy atom. The molecular weight excluding hydrogens is 276 g/mol. The molecule has 0 fully saturated rings. The van der Waals surface area contributed by atoms with Gasteiger partial charge in [0.25, 0.3) is 0 Å². The number of benzene rings is 1. The SMILES string of the molecule is Cc1cccc(OC[C@H](O)C[NH2+]CC[NH+](C(C)C)C(C)C)c1. The molecule has 4 N–H and O–H groups in total. The van der Waals surface area contributed by atoms with Crippen molar-refractivity contribution in [3.05, 3.63) is 29.8 Å². The highest BCUT2D eigenvalue weighted by Crippen LogP contribution is 2.12. The summed E-state index contributed by atoms with van der Waals surface area (Å²) in [7, 11) is 0. The van der Waals surface area contributed by atoms with Gasteiger partial charge in [-0.2, -0.15) is 0 Å². The van der Waals surface area contributed by atoms with Crippen LogP contribution in [0.2, 0.25) is 0 Å². The van der Waals surface area contributed by atoms with Crippen LogP contribution in [0.5, 0.6) is 5.75 Å². The molecule has 0 unspecified atom stereocenters. The number of aliphatic hydroxyl groups excluding tert-OH is 1. The molecule has 22 heavy (non-hydrogen) atoms. The van der Waals surface area contributed by atoms with Crippen molar-refractivity contribution in [2.45, 2.75) is 52.8 Å². The summed E-state index contributed by atoms with van der Waals surface area (Å²) in [5, 5.41) is 12.2. The topological polar surface area (TPSA) is 50.5 Å². The van der Waals surface area contributed by atoms with Gasteiger partial charge in [0.15, 0.2) is 0 Å². The molecule has 4 nitrogen and oxygen atoms in total. The zero-order valence-corrected chi connectivity index (χ0v) is 14.8. The molecule has 0 aromatic heterocycles. The average molecular weight is 310 g/mol. The standard InChI is InChI=1S/C18H32N2O2/c1-14(2)20(15(3)4)10-9-19-12-17(21)13-22-18-8-6-7-16(5)11-18/h6-8,11,14-15,17,19,21H,9-10,12-13H2,1-5H3/p+2/t17-/m1/s1. The Hall–Kier alpha value is -1.10. The van der Waals surface area contributed by atoms with E-state index in [9.17, 15) is 5.11 Å². The number of hydrogen-bond donors (Lipinski definition) is 3. The number of aryl methyl sites for hydroxylation is 1. The number of quaternary nitrogens is 2. The third-order valence-electron chi connectivity index (χ3n) is 3.99. The fourth-order valence-electron chi connectivity index (χ4n) is 2.79. The summed E-state index contributed by atoms with van der Waals surface area (Å²) >= 11 is 0. The van der Waals surface area contributed by atoms with Gasteiger partial charge in [-0.25, -0.2) is 0 Å². The van der Waals surface area contributed by atoms with Gasteiger partial charge in [0.2, 0.25) is 0 Å². The molecule has 126 valence electrons. The molecule has 0 bridgehead atoms. The molecular formula is C18H34N2O2+2. The lowest BCUT2D eigenvalue weighted by Crippen LogP contribution is -3.19. The largest absolute Gasteiger partial charge is 0.491 e. The van der Waals surface area contributed by atoms with Gasteiger partial charge >= 0.3 is 0 Å². The molecule has 1 atom stereocenters. The van der Waals surface area contributed by atoms with Crippen LogP contribution < -0.4 is 15.0 Å². The molecule has 0 amide bonds. The first-order valence-corrected chi connectivity index (χ1v) is 8.45. The van der Waals surface area contributed by atoms with Gasteiger partial charge in [0.05, 0.1) is 12.1 Å². The van der Waals surface area contributed by atoms with Crippen molar-refractivity contribution < 1.29 is 20.1 Å². The zero-order valence-electron chi connectivity index (χ0n) is 14.8. The first kappa shape index (κ1) is 18.9. The van der Waals surface area contributed by atoms with Crippen LogP contribution in [0.25, 0.3) is 0 Å². The van der Waals surface area contributed by atoms with Crippen LogP contribution >= 0.6 is 0 Å². The van der Waals surface area contributed by atoms with E-state index < -0.39 is 6.10 Å². The van der Waals surface area contributed by atoms with E-state index in [0.717, 1.165) is 18.8 Å². The van der Waals surface area contributed by atoms with E-state index in [2.05, 4.69) is 33.0 Å². The molecule has 0 aliphatic rings. The van der Waals surface area contributed by atoms with Crippen LogP contribution in [0.1, 0.15) is 33.3 Å². The van der Waals surface area contributed by atoms with Gasteiger partial charge in [-0.15, -0.1) is 0 Å². The Kier molecular flexibility index (Phi) is 8.46. The molecule has 0 heterocycles. The Morgan fingerprint density at radius 3 is 2.45 bits per heavy atom. The average Bonchev–Trinajstić information content (AvgIpc) is 2.44. The molecule has 0 saturated heterocycles. The molecule has 0 aliphatic heterocycles. The van der Waals surface area contributed by atoms with Crippen molar-refractivity contribution in [2.24, 2.45) is 0 Å². The molecule has 0 aliphatic carbocycles. The van der Waals surface area contributed by atoms with Crippen molar-refractivity contribution >= 4 is 0 Å². The van der Waals surface area contributed by atoms with E-state index in [1.165, 1.54) is 5.56 Å². The first-order chi connectivity index (χ1) is 10.4. The van der Waals surface area contributed by atoms with E-state index in [1.54, 1.807) is 4.90 Å². The van der Waals surface area contributed by atoms with Gasteiger partial charge in [-0.1, -0.05) is 12.1 Å². The lowest BCUT2D eigenvalue weighted by atomic mass is 10.2. The molecule has 0 radical (unpaired) electrons. The van der Waals surface area contributed by atoms with Gasteiger partial charge in [0, 0.05) is 0 Å². The zero-order chi connectivity index (χ0) is 16.5. The number of nitrogens with two attached hydrogens (primary N) is 1. The second kappa shape index (κ2) is 9.82. The van der Waals surface area contributed by atoms with Gasteiger partial charge in [-0.3, -0.25) is 0 Å². The second-order valence-electron chi connectivity index (χ2n) is 6.73. The lowest BCUT2D eigenvalue weighted by molar-refractivity contribution is -0.952.